The zero-order valence-corrected chi connectivity index (χ0v) is 12.8. The lowest BCUT2D eigenvalue weighted by molar-refractivity contribution is 0.0976. The first kappa shape index (κ1) is 16.0. The highest BCUT2D eigenvalue weighted by Gasteiger charge is 2.16. The van der Waals surface area contributed by atoms with Gasteiger partial charge in [-0.3, -0.25) is 9.59 Å². The van der Waals surface area contributed by atoms with Crippen molar-refractivity contribution in [1.29, 1.82) is 0 Å². The summed E-state index contributed by atoms with van der Waals surface area (Å²) in [6, 6.07) is 14.6. The second-order valence-electron chi connectivity index (χ2n) is 5.34. The van der Waals surface area contributed by atoms with Crippen LogP contribution in [0.1, 0.15) is 53.3 Å². The van der Waals surface area contributed by atoms with E-state index in [0.29, 0.717) is 17.5 Å². The molecular formula is C19H21NO2. The molecule has 3 nitrogen and oxygen atoms in total. The van der Waals surface area contributed by atoms with E-state index in [9.17, 15) is 9.59 Å². The fourth-order valence-corrected chi connectivity index (χ4v) is 2.56. The maximum absolute atomic E-state index is 12.5. The van der Waals surface area contributed by atoms with Gasteiger partial charge in [-0.2, -0.15) is 0 Å². The molecule has 2 aromatic carbocycles. The first-order chi connectivity index (χ1) is 10.6. The lowest BCUT2D eigenvalue weighted by atomic mass is 9.92. The minimum Gasteiger partial charge on any atom is -0.366 e. The number of unbranched alkanes of at least 4 members (excludes halogenated alkanes) is 2. The molecule has 2 N–H and O–H groups in total. The molecule has 0 aliphatic carbocycles. The second-order valence-corrected chi connectivity index (χ2v) is 5.34. The van der Waals surface area contributed by atoms with Crippen LogP contribution in [0.5, 0.6) is 0 Å². The highest BCUT2D eigenvalue weighted by atomic mass is 16.1. The molecule has 0 saturated carbocycles. The number of hydrogen-bond acceptors (Lipinski definition) is 2. The summed E-state index contributed by atoms with van der Waals surface area (Å²) in [6.45, 7) is 2.11. The molecule has 0 bridgehead atoms. The Morgan fingerprint density at radius 1 is 0.864 bits per heavy atom. The van der Waals surface area contributed by atoms with E-state index < -0.39 is 5.91 Å². The van der Waals surface area contributed by atoms with Crippen molar-refractivity contribution >= 4 is 11.7 Å². The Balaban J connectivity index is 2.41. The Bertz CT molecular complexity index is 677. The Morgan fingerprint density at radius 2 is 1.41 bits per heavy atom. The van der Waals surface area contributed by atoms with Crippen LogP contribution in [0.4, 0.5) is 0 Å². The molecular weight excluding hydrogens is 274 g/mol. The Morgan fingerprint density at radius 3 is 2.00 bits per heavy atom. The maximum atomic E-state index is 12.5. The molecule has 2 aromatic rings. The first-order valence-corrected chi connectivity index (χ1v) is 7.66. The van der Waals surface area contributed by atoms with Crippen LogP contribution in [-0.4, -0.2) is 11.7 Å². The van der Waals surface area contributed by atoms with Gasteiger partial charge in [-0.05, 0) is 23.6 Å². The molecule has 22 heavy (non-hydrogen) atoms. The second kappa shape index (κ2) is 7.55. The minimum atomic E-state index is -0.483. The predicted molar refractivity (Wildman–Crippen MR) is 88.9 cm³/mol. The lowest BCUT2D eigenvalue weighted by Crippen LogP contribution is -2.13. The van der Waals surface area contributed by atoms with Crippen molar-refractivity contribution in [3.63, 3.8) is 0 Å². The van der Waals surface area contributed by atoms with Crippen LogP contribution in [0.3, 0.4) is 0 Å². The number of rotatable bonds is 7. The Kier molecular flexibility index (Phi) is 5.48. The monoisotopic (exact) mass is 295 g/mol. The van der Waals surface area contributed by atoms with Gasteiger partial charge in [0, 0.05) is 17.5 Å². The third-order valence-corrected chi connectivity index (χ3v) is 3.72. The molecule has 1 amide bonds. The largest absolute Gasteiger partial charge is 0.366 e. The highest BCUT2D eigenvalue weighted by molar-refractivity contribution is 6.06. The van der Waals surface area contributed by atoms with Gasteiger partial charge < -0.3 is 5.73 Å². The van der Waals surface area contributed by atoms with E-state index in [4.69, 9.17) is 5.73 Å². The van der Waals surface area contributed by atoms with Gasteiger partial charge in [0.05, 0.1) is 0 Å². The van der Waals surface area contributed by atoms with E-state index in [2.05, 4.69) is 6.92 Å². The van der Waals surface area contributed by atoms with Crippen molar-refractivity contribution in [2.75, 3.05) is 0 Å². The third kappa shape index (κ3) is 3.61. The molecule has 0 atom stereocenters. The number of benzene rings is 2. The summed E-state index contributed by atoms with van der Waals surface area (Å²) < 4.78 is 0. The Labute approximate surface area is 131 Å². The predicted octanol–water partition coefficient (Wildman–Crippen LogP) is 4.22. The quantitative estimate of drug-likeness (QED) is 0.614. The van der Waals surface area contributed by atoms with Crippen LogP contribution in [0.25, 0.3) is 11.1 Å². The fraction of sp³-hybridized carbons (Fsp3) is 0.263. The van der Waals surface area contributed by atoms with Crippen molar-refractivity contribution in [1.82, 2.24) is 0 Å². The zero-order chi connectivity index (χ0) is 15.9. The molecule has 0 fully saturated rings. The van der Waals surface area contributed by atoms with Crippen LogP contribution >= 0.6 is 0 Å². The van der Waals surface area contributed by atoms with Gasteiger partial charge in [0.2, 0.25) is 5.91 Å². The van der Waals surface area contributed by atoms with Crippen LogP contribution in [0, 0.1) is 0 Å². The molecule has 0 radical (unpaired) electrons. The summed E-state index contributed by atoms with van der Waals surface area (Å²) in [5.74, 6) is -0.368. The third-order valence-electron chi connectivity index (χ3n) is 3.72. The summed E-state index contributed by atoms with van der Waals surface area (Å²) in [5.41, 5.74) is 8.05. The van der Waals surface area contributed by atoms with Crippen LogP contribution in [0.15, 0.2) is 48.5 Å². The van der Waals surface area contributed by atoms with E-state index >= 15 is 0 Å². The summed E-state index contributed by atoms with van der Waals surface area (Å²) in [4.78, 5) is 24.1. The smallest absolute Gasteiger partial charge is 0.249 e. The van der Waals surface area contributed by atoms with Crippen LogP contribution < -0.4 is 5.73 Å². The maximum Gasteiger partial charge on any atom is 0.249 e. The topological polar surface area (TPSA) is 60.2 Å². The number of Topliss-reactive ketones (excluding diaryl/α,β-unsaturated/α-hetero) is 1. The number of amides is 1. The zero-order valence-electron chi connectivity index (χ0n) is 12.8. The molecule has 114 valence electrons. The van der Waals surface area contributed by atoms with Crippen molar-refractivity contribution in [3.05, 3.63) is 59.7 Å². The van der Waals surface area contributed by atoms with E-state index in [0.717, 1.165) is 30.4 Å². The van der Waals surface area contributed by atoms with Crippen LogP contribution in [0.2, 0.25) is 0 Å². The van der Waals surface area contributed by atoms with E-state index in [1.54, 1.807) is 12.1 Å². The van der Waals surface area contributed by atoms with Gasteiger partial charge >= 0.3 is 0 Å². The summed E-state index contributed by atoms with van der Waals surface area (Å²) in [6.07, 6.45) is 3.55. The van der Waals surface area contributed by atoms with Gasteiger partial charge in [0.15, 0.2) is 5.78 Å². The molecule has 0 aliphatic heterocycles. The van der Waals surface area contributed by atoms with Gasteiger partial charge in [0.25, 0.3) is 0 Å². The van der Waals surface area contributed by atoms with Gasteiger partial charge in [-0.25, -0.2) is 0 Å². The normalized spacial score (nSPS) is 10.4. The number of primary amides is 1. The minimum absolute atomic E-state index is 0.114. The number of carbonyl (C=O) groups excluding carboxylic acids is 2. The Hall–Kier alpha value is -2.42. The lowest BCUT2D eigenvalue weighted by Gasteiger charge is -2.11. The number of carbonyl (C=O) groups is 2. The van der Waals surface area contributed by atoms with E-state index in [1.807, 2.05) is 36.4 Å². The number of nitrogens with two attached hydrogens (primary N) is 1. The molecule has 0 aromatic heterocycles. The van der Waals surface area contributed by atoms with Gasteiger partial charge in [-0.1, -0.05) is 62.2 Å². The van der Waals surface area contributed by atoms with Gasteiger partial charge in [-0.15, -0.1) is 0 Å². The standard InChI is InChI=1S/C19H21NO2/c1-2-3-4-13-18(21)16-11-7-5-9-14(16)15-10-6-8-12-17(15)19(20)22/h5-12H,2-4,13H2,1H3,(H2,20,22). The van der Waals surface area contributed by atoms with Crippen molar-refractivity contribution in [3.8, 4) is 11.1 Å². The molecule has 0 unspecified atom stereocenters. The summed E-state index contributed by atoms with van der Waals surface area (Å²) in [7, 11) is 0. The first-order valence-electron chi connectivity index (χ1n) is 7.66. The summed E-state index contributed by atoms with van der Waals surface area (Å²) in [5, 5.41) is 0. The van der Waals surface area contributed by atoms with Crippen molar-refractivity contribution < 1.29 is 9.59 Å². The molecule has 0 heterocycles. The SMILES string of the molecule is CCCCCC(=O)c1ccccc1-c1ccccc1C(N)=O. The summed E-state index contributed by atoms with van der Waals surface area (Å²) >= 11 is 0. The average Bonchev–Trinajstić information content (AvgIpc) is 2.55. The fourth-order valence-electron chi connectivity index (χ4n) is 2.56. The molecule has 3 heteroatoms. The average molecular weight is 295 g/mol. The van der Waals surface area contributed by atoms with Crippen LogP contribution in [-0.2, 0) is 0 Å². The van der Waals surface area contributed by atoms with Crippen molar-refractivity contribution in [2.45, 2.75) is 32.6 Å². The van der Waals surface area contributed by atoms with Crippen molar-refractivity contribution in [2.24, 2.45) is 5.73 Å². The molecule has 0 saturated heterocycles. The van der Waals surface area contributed by atoms with E-state index in [1.165, 1.54) is 0 Å². The van der Waals surface area contributed by atoms with E-state index in [-0.39, 0.29) is 5.78 Å². The highest BCUT2D eigenvalue weighted by Crippen LogP contribution is 2.28. The number of hydrogen-bond donors (Lipinski definition) is 1. The molecule has 0 aliphatic rings. The number of ketones is 1. The van der Waals surface area contributed by atoms with Gasteiger partial charge in [0.1, 0.15) is 0 Å². The molecule has 2 rings (SSSR count). The molecule has 0 spiro atoms.